The molecule has 0 aliphatic carbocycles. The molecule has 1 N–H and O–H groups in total. The summed E-state index contributed by atoms with van der Waals surface area (Å²) < 4.78 is 0. The van der Waals surface area contributed by atoms with Gasteiger partial charge in [-0.3, -0.25) is 4.79 Å². The van der Waals surface area contributed by atoms with Crippen molar-refractivity contribution in [2.24, 2.45) is 0 Å². The van der Waals surface area contributed by atoms with Crippen LogP contribution >= 0.6 is 11.6 Å². The van der Waals surface area contributed by atoms with Crippen LogP contribution in [0.25, 0.3) is 0 Å². The van der Waals surface area contributed by atoms with Crippen LogP contribution in [-0.2, 0) is 0 Å². The molecule has 0 saturated carbocycles. The zero-order chi connectivity index (χ0) is 14.7. The van der Waals surface area contributed by atoms with E-state index < -0.39 is 0 Å². The summed E-state index contributed by atoms with van der Waals surface area (Å²) in [6.45, 7) is 3.62. The predicted molar refractivity (Wildman–Crippen MR) is 80.0 cm³/mol. The molecule has 0 aliphatic heterocycles. The molecule has 1 amide bonds. The third kappa shape index (κ3) is 2.66. The summed E-state index contributed by atoms with van der Waals surface area (Å²) in [6, 6.07) is 12.6. The topological polar surface area (TPSA) is 52.9 Å². The highest BCUT2D eigenvalue weighted by molar-refractivity contribution is 6.32. The van der Waals surface area contributed by atoms with Gasteiger partial charge in [-0.2, -0.15) is 5.26 Å². The number of anilines is 1. The number of hydrogen-bond donors (Lipinski definition) is 1. The molecule has 0 heterocycles. The van der Waals surface area contributed by atoms with Gasteiger partial charge >= 0.3 is 0 Å². The normalized spacial score (nSPS) is 9.90. The summed E-state index contributed by atoms with van der Waals surface area (Å²) in [4.78, 5) is 12.3. The van der Waals surface area contributed by atoms with Gasteiger partial charge in [0, 0.05) is 10.6 Å². The van der Waals surface area contributed by atoms with Gasteiger partial charge in [-0.25, -0.2) is 0 Å². The highest BCUT2D eigenvalue weighted by atomic mass is 35.5. The number of carbonyl (C=O) groups is 1. The number of benzene rings is 2. The number of rotatable bonds is 2. The Labute approximate surface area is 122 Å². The minimum atomic E-state index is -0.271. The van der Waals surface area contributed by atoms with E-state index >= 15 is 0 Å². The second kappa shape index (κ2) is 5.77. The molecule has 2 rings (SSSR count). The predicted octanol–water partition coefficient (Wildman–Crippen LogP) is 4.08. The van der Waals surface area contributed by atoms with Gasteiger partial charge < -0.3 is 5.32 Å². The zero-order valence-corrected chi connectivity index (χ0v) is 12.0. The number of amides is 1. The quantitative estimate of drug-likeness (QED) is 0.903. The van der Waals surface area contributed by atoms with Crippen LogP contribution in [0, 0.1) is 25.2 Å². The molecule has 2 aromatic carbocycles. The number of nitrogens with one attached hydrogen (secondary N) is 1. The Bertz CT molecular complexity index is 717. The van der Waals surface area contributed by atoms with Crippen molar-refractivity contribution in [1.82, 2.24) is 0 Å². The molecule has 4 heteroatoms. The van der Waals surface area contributed by atoms with Crippen molar-refractivity contribution in [3.05, 3.63) is 63.7 Å². The fraction of sp³-hybridized carbons (Fsp3) is 0.125. The average Bonchev–Trinajstić information content (AvgIpc) is 2.42. The lowest BCUT2D eigenvalue weighted by Gasteiger charge is -2.11. The minimum absolute atomic E-state index is 0.271. The van der Waals surface area contributed by atoms with Crippen LogP contribution in [0.5, 0.6) is 0 Å². The van der Waals surface area contributed by atoms with Crippen LogP contribution in [0.3, 0.4) is 0 Å². The maximum absolute atomic E-state index is 12.3. The van der Waals surface area contributed by atoms with Gasteiger partial charge in [0.25, 0.3) is 5.91 Å². The SMILES string of the molecule is Cc1cccc(NC(=O)c2cccc(Cl)c2C)c1C#N. The van der Waals surface area contributed by atoms with E-state index in [4.69, 9.17) is 16.9 Å². The summed E-state index contributed by atoms with van der Waals surface area (Å²) in [5.41, 5.74) is 3.03. The molecule has 0 saturated heterocycles. The number of hydrogen-bond acceptors (Lipinski definition) is 2. The highest BCUT2D eigenvalue weighted by Gasteiger charge is 2.13. The molecule has 100 valence electrons. The lowest BCUT2D eigenvalue weighted by Crippen LogP contribution is -2.14. The largest absolute Gasteiger partial charge is 0.321 e. The third-order valence-electron chi connectivity index (χ3n) is 3.15. The Balaban J connectivity index is 2.36. The first-order valence-electron chi connectivity index (χ1n) is 6.10. The van der Waals surface area contributed by atoms with E-state index in [9.17, 15) is 4.79 Å². The minimum Gasteiger partial charge on any atom is -0.321 e. The van der Waals surface area contributed by atoms with Gasteiger partial charge in [0.05, 0.1) is 11.3 Å². The summed E-state index contributed by atoms with van der Waals surface area (Å²) >= 11 is 6.01. The summed E-state index contributed by atoms with van der Waals surface area (Å²) in [6.07, 6.45) is 0. The van der Waals surface area contributed by atoms with Crippen LogP contribution < -0.4 is 5.32 Å². The van der Waals surface area contributed by atoms with Crippen molar-refractivity contribution in [1.29, 1.82) is 5.26 Å². The first-order valence-corrected chi connectivity index (χ1v) is 6.48. The molecule has 3 nitrogen and oxygen atoms in total. The molecule has 20 heavy (non-hydrogen) atoms. The van der Waals surface area contributed by atoms with Gasteiger partial charge in [-0.05, 0) is 43.2 Å². The highest BCUT2D eigenvalue weighted by Crippen LogP contribution is 2.22. The van der Waals surface area contributed by atoms with Gasteiger partial charge in [0.15, 0.2) is 0 Å². The second-order valence-corrected chi connectivity index (χ2v) is 4.88. The van der Waals surface area contributed by atoms with Gasteiger partial charge in [0.1, 0.15) is 6.07 Å². The van der Waals surface area contributed by atoms with Crippen molar-refractivity contribution in [3.8, 4) is 6.07 Å². The molecule has 2 aromatic rings. The van der Waals surface area contributed by atoms with E-state index in [1.165, 1.54) is 0 Å². The van der Waals surface area contributed by atoms with Crippen molar-refractivity contribution in [3.63, 3.8) is 0 Å². The van der Waals surface area contributed by atoms with Crippen molar-refractivity contribution in [2.75, 3.05) is 5.32 Å². The van der Waals surface area contributed by atoms with Gasteiger partial charge in [-0.15, -0.1) is 0 Å². The fourth-order valence-corrected chi connectivity index (χ4v) is 2.14. The maximum atomic E-state index is 12.3. The van der Waals surface area contributed by atoms with Crippen LogP contribution in [0.15, 0.2) is 36.4 Å². The monoisotopic (exact) mass is 284 g/mol. The molecular formula is C16H13ClN2O. The van der Waals surface area contributed by atoms with Crippen LogP contribution in [-0.4, -0.2) is 5.91 Å². The Morgan fingerprint density at radius 3 is 2.60 bits per heavy atom. The first kappa shape index (κ1) is 14.1. The van der Waals surface area contributed by atoms with Gasteiger partial charge in [-0.1, -0.05) is 29.8 Å². The number of halogens is 1. The lowest BCUT2D eigenvalue weighted by molar-refractivity contribution is 0.102. The zero-order valence-electron chi connectivity index (χ0n) is 11.2. The van der Waals surface area contributed by atoms with E-state index in [1.54, 1.807) is 37.3 Å². The summed E-state index contributed by atoms with van der Waals surface area (Å²) in [7, 11) is 0. The van der Waals surface area contributed by atoms with Crippen molar-refractivity contribution >= 4 is 23.2 Å². The Kier molecular flexibility index (Phi) is 4.07. The summed E-state index contributed by atoms with van der Waals surface area (Å²) in [5, 5.41) is 12.5. The van der Waals surface area contributed by atoms with E-state index in [-0.39, 0.29) is 5.91 Å². The van der Waals surface area contributed by atoms with Crippen LogP contribution in [0.1, 0.15) is 27.0 Å². The fourth-order valence-electron chi connectivity index (χ4n) is 1.96. The Morgan fingerprint density at radius 2 is 1.90 bits per heavy atom. The van der Waals surface area contributed by atoms with Crippen LogP contribution in [0.4, 0.5) is 5.69 Å². The van der Waals surface area contributed by atoms with Crippen LogP contribution in [0.2, 0.25) is 5.02 Å². The molecule has 0 radical (unpaired) electrons. The number of nitriles is 1. The Hall–Kier alpha value is -2.31. The number of carbonyl (C=O) groups excluding carboxylic acids is 1. The average molecular weight is 285 g/mol. The number of aryl methyl sites for hydroxylation is 1. The third-order valence-corrected chi connectivity index (χ3v) is 3.55. The molecule has 0 aliphatic rings. The smallest absolute Gasteiger partial charge is 0.256 e. The van der Waals surface area contributed by atoms with Crippen molar-refractivity contribution < 1.29 is 4.79 Å². The van der Waals surface area contributed by atoms with E-state index in [0.717, 1.165) is 11.1 Å². The maximum Gasteiger partial charge on any atom is 0.256 e. The lowest BCUT2D eigenvalue weighted by atomic mass is 10.1. The van der Waals surface area contributed by atoms with E-state index in [2.05, 4.69) is 11.4 Å². The molecular weight excluding hydrogens is 272 g/mol. The van der Waals surface area contributed by atoms with E-state index in [1.807, 2.05) is 13.0 Å². The standard InChI is InChI=1S/C16H13ClN2O/c1-10-5-3-8-15(13(10)9-18)19-16(20)12-6-4-7-14(17)11(12)2/h3-8H,1-2H3,(H,19,20). The molecule has 0 fully saturated rings. The molecule has 0 unspecified atom stereocenters. The molecule has 0 atom stereocenters. The summed E-state index contributed by atoms with van der Waals surface area (Å²) in [5.74, 6) is -0.271. The van der Waals surface area contributed by atoms with E-state index in [0.29, 0.717) is 21.8 Å². The molecule has 0 bridgehead atoms. The van der Waals surface area contributed by atoms with Crippen molar-refractivity contribution in [2.45, 2.75) is 13.8 Å². The van der Waals surface area contributed by atoms with Gasteiger partial charge in [0.2, 0.25) is 0 Å². The number of nitrogens with zero attached hydrogens (tertiary/aromatic N) is 1. The first-order chi connectivity index (χ1) is 9.54. The second-order valence-electron chi connectivity index (χ2n) is 4.48. The molecule has 0 spiro atoms. The molecule has 0 aromatic heterocycles. The Morgan fingerprint density at radius 1 is 1.20 bits per heavy atom.